The molecule has 1 N–H and O–H groups in total. The minimum atomic E-state index is -1.39. The van der Waals surface area contributed by atoms with Crippen molar-refractivity contribution in [2.45, 2.75) is 0 Å². The van der Waals surface area contributed by atoms with Gasteiger partial charge in [0.2, 0.25) is 5.95 Å². The van der Waals surface area contributed by atoms with E-state index in [9.17, 15) is 18.4 Å². The van der Waals surface area contributed by atoms with Crippen LogP contribution in [0.1, 0.15) is 20.7 Å². The summed E-state index contributed by atoms with van der Waals surface area (Å²) in [4.78, 5) is 27.4. The lowest BCUT2D eigenvalue weighted by Gasteiger charge is -2.19. The lowest BCUT2D eigenvalue weighted by molar-refractivity contribution is 0.0697. The first-order valence-corrected chi connectivity index (χ1v) is 5.84. The van der Waals surface area contributed by atoms with Crippen LogP contribution in [0.3, 0.4) is 0 Å². The monoisotopic (exact) mass is 292 g/mol. The number of halogens is 2. The number of carboxylic acids is 1. The summed E-state index contributed by atoms with van der Waals surface area (Å²) in [6, 6.07) is 6.77. The van der Waals surface area contributed by atoms with E-state index in [1.165, 1.54) is 31.3 Å². The second kappa shape index (κ2) is 5.66. The molecule has 1 aromatic heterocycles. The maximum Gasteiger partial charge on any atom is 0.337 e. The highest BCUT2D eigenvalue weighted by atomic mass is 19.2. The zero-order chi connectivity index (χ0) is 15.6. The summed E-state index contributed by atoms with van der Waals surface area (Å²) in [5.41, 5.74) is -0.569. The quantitative estimate of drug-likeness (QED) is 0.881. The van der Waals surface area contributed by atoms with Crippen LogP contribution in [-0.4, -0.2) is 29.0 Å². The van der Waals surface area contributed by atoms with Gasteiger partial charge in [0.25, 0.3) is 5.91 Å². The summed E-state index contributed by atoms with van der Waals surface area (Å²) in [7, 11) is 1.28. The van der Waals surface area contributed by atoms with Crippen LogP contribution in [0.2, 0.25) is 0 Å². The number of benzene rings is 1. The number of carbonyl (C=O) groups is 2. The number of carbonyl (C=O) groups excluding carboxylic acids is 1. The van der Waals surface area contributed by atoms with Gasteiger partial charge >= 0.3 is 5.97 Å². The third kappa shape index (κ3) is 2.71. The number of amides is 1. The summed E-state index contributed by atoms with van der Waals surface area (Å²) in [6.07, 6.45) is 0.961. The van der Waals surface area contributed by atoms with Gasteiger partial charge in [-0.3, -0.25) is 4.79 Å². The predicted octanol–water partition coefficient (Wildman–Crippen LogP) is 2.33. The van der Waals surface area contributed by atoms with Crippen LogP contribution in [0.25, 0.3) is 0 Å². The number of anilines is 1. The summed E-state index contributed by atoms with van der Waals surface area (Å²) >= 11 is 0. The Morgan fingerprint density at radius 2 is 1.81 bits per heavy atom. The van der Waals surface area contributed by atoms with Crippen LogP contribution in [0, 0.1) is 11.8 Å². The van der Waals surface area contributed by atoms with Crippen molar-refractivity contribution in [2.24, 2.45) is 0 Å². The molecular formula is C14H10F2N2O3. The van der Waals surface area contributed by atoms with Gasteiger partial charge in [0.05, 0.1) is 16.8 Å². The molecule has 0 bridgehead atoms. The molecule has 1 amide bonds. The molecule has 108 valence electrons. The van der Waals surface area contributed by atoms with E-state index >= 15 is 0 Å². The molecule has 21 heavy (non-hydrogen) atoms. The number of aromatic carboxylic acids is 1. The van der Waals surface area contributed by atoms with E-state index in [4.69, 9.17) is 5.11 Å². The van der Waals surface area contributed by atoms with E-state index in [-0.39, 0.29) is 11.3 Å². The van der Waals surface area contributed by atoms with Gasteiger partial charge in [0, 0.05) is 13.2 Å². The summed E-state index contributed by atoms with van der Waals surface area (Å²) < 4.78 is 26.6. The van der Waals surface area contributed by atoms with E-state index < -0.39 is 29.2 Å². The van der Waals surface area contributed by atoms with Crippen LogP contribution in [0.4, 0.5) is 14.5 Å². The molecule has 0 spiro atoms. The topological polar surface area (TPSA) is 70.5 Å². The standard InChI is InChI=1S/C14H10F2N2O3/c1-18(10-5-3-2-4-8(10)14(20)21)13(19)9-6-7-17-12(16)11(9)15/h2-7H,1H3,(H,20,21). The van der Waals surface area contributed by atoms with Crippen LogP contribution < -0.4 is 4.90 Å². The average molecular weight is 292 g/mol. The molecule has 0 saturated heterocycles. The van der Waals surface area contributed by atoms with Crippen molar-refractivity contribution in [2.75, 3.05) is 11.9 Å². The van der Waals surface area contributed by atoms with E-state index in [1.807, 2.05) is 0 Å². The first-order chi connectivity index (χ1) is 9.93. The van der Waals surface area contributed by atoms with Crippen LogP contribution in [-0.2, 0) is 0 Å². The van der Waals surface area contributed by atoms with Crippen molar-refractivity contribution in [3.63, 3.8) is 0 Å². The molecule has 7 heteroatoms. The molecule has 2 aromatic rings. The van der Waals surface area contributed by atoms with Gasteiger partial charge in [0.1, 0.15) is 0 Å². The third-order valence-corrected chi connectivity index (χ3v) is 2.88. The summed E-state index contributed by atoms with van der Waals surface area (Å²) in [5.74, 6) is -4.86. The van der Waals surface area contributed by atoms with Gasteiger partial charge in [-0.25, -0.2) is 14.2 Å². The Balaban J connectivity index is 2.45. The Labute approximate surface area is 118 Å². The molecule has 0 aliphatic carbocycles. The van der Waals surface area contributed by atoms with Crippen molar-refractivity contribution in [3.8, 4) is 0 Å². The largest absolute Gasteiger partial charge is 0.478 e. The first-order valence-electron chi connectivity index (χ1n) is 5.84. The molecule has 0 aliphatic heterocycles. The summed E-state index contributed by atoms with van der Waals surface area (Å²) in [5, 5.41) is 9.08. The Bertz CT molecular complexity index is 719. The molecule has 5 nitrogen and oxygen atoms in total. The Kier molecular flexibility index (Phi) is 3.93. The highest BCUT2D eigenvalue weighted by Crippen LogP contribution is 2.22. The molecule has 0 unspecified atom stereocenters. The minimum absolute atomic E-state index is 0.0756. The van der Waals surface area contributed by atoms with Gasteiger partial charge in [-0.2, -0.15) is 4.39 Å². The highest BCUT2D eigenvalue weighted by Gasteiger charge is 2.23. The van der Waals surface area contributed by atoms with Crippen molar-refractivity contribution in [1.82, 2.24) is 4.98 Å². The van der Waals surface area contributed by atoms with Crippen molar-refractivity contribution in [1.29, 1.82) is 0 Å². The van der Waals surface area contributed by atoms with Crippen molar-refractivity contribution < 1.29 is 23.5 Å². The molecular weight excluding hydrogens is 282 g/mol. The zero-order valence-electron chi connectivity index (χ0n) is 10.9. The van der Waals surface area contributed by atoms with Gasteiger partial charge in [-0.05, 0) is 18.2 Å². The van der Waals surface area contributed by atoms with Gasteiger partial charge in [0.15, 0.2) is 5.82 Å². The summed E-state index contributed by atoms with van der Waals surface area (Å²) in [6.45, 7) is 0. The lowest BCUT2D eigenvalue weighted by Crippen LogP contribution is -2.29. The minimum Gasteiger partial charge on any atom is -0.478 e. The highest BCUT2D eigenvalue weighted by molar-refractivity contribution is 6.09. The molecule has 1 aromatic carbocycles. The van der Waals surface area contributed by atoms with Gasteiger partial charge in [-0.15, -0.1) is 0 Å². The second-order valence-corrected chi connectivity index (χ2v) is 4.15. The van der Waals surface area contributed by atoms with Crippen molar-refractivity contribution >= 4 is 17.6 Å². The number of hydrogen-bond donors (Lipinski definition) is 1. The molecule has 0 radical (unpaired) electrons. The Morgan fingerprint density at radius 1 is 1.14 bits per heavy atom. The number of rotatable bonds is 3. The van der Waals surface area contributed by atoms with Crippen LogP contribution in [0.5, 0.6) is 0 Å². The SMILES string of the molecule is CN(C(=O)c1ccnc(F)c1F)c1ccccc1C(=O)O. The molecule has 2 rings (SSSR count). The van der Waals surface area contributed by atoms with E-state index in [1.54, 1.807) is 0 Å². The molecule has 0 atom stereocenters. The smallest absolute Gasteiger partial charge is 0.337 e. The molecule has 1 heterocycles. The number of nitrogens with zero attached hydrogens (tertiary/aromatic N) is 2. The lowest BCUT2D eigenvalue weighted by atomic mass is 10.1. The van der Waals surface area contributed by atoms with E-state index in [2.05, 4.69) is 4.98 Å². The zero-order valence-corrected chi connectivity index (χ0v) is 10.9. The second-order valence-electron chi connectivity index (χ2n) is 4.15. The van der Waals surface area contributed by atoms with E-state index in [0.717, 1.165) is 17.2 Å². The number of para-hydroxylation sites is 1. The number of aromatic nitrogens is 1. The third-order valence-electron chi connectivity index (χ3n) is 2.88. The fourth-order valence-corrected chi connectivity index (χ4v) is 1.82. The van der Waals surface area contributed by atoms with Crippen molar-refractivity contribution in [3.05, 3.63) is 59.4 Å². The number of pyridine rings is 1. The Hall–Kier alpha value is -2.83. The predicted molar refractivity (Wildman–Crippen MR) is 70.3 cm³/mol. The van der Waals surface area contributed by atoms with Crippen LogP contribution >= 0.6 is 0 Å². The van der Waals surface area contributed by atoms with Gasteiger partial charge in [-0.1, -0.05) is 12.1 Å². The maximum atomic E-state index is 13.6. The fraction of sp³-hybridized carbons (Fsp3) is 0.0714. The first kappa shape index (κ1) is 14.6. The normalized spacial score (nSPS) is 10.2. The fourth-order valence-electron chi connectivity index (χ4n) is 1.82. The molecule has 0 aliphatic rings. The molecule has 0 saturated carbocycles. The number of hydrogen-bond acceptors (Lipinski definition) is 3. The Morgan fingerprint density at radius 3 is 2.48 bits per heavy atom. The molecule has 0 fully saturated rings. The van der Waals surface area contributed by atoms with Gasteiger partial charge < -0.3 is 10.0 Å². The van der Waals surface area contributed by atoms with E-state index in [0.29, 0.717) is 0 Å². The maximum absolute atomic E-state index is 13.6. The number of carboxylic acid groups (broad SMARTS) is 1. The van der Waals surface area contributed by atoms with Crippen LogP contribution in [0.15, 0.2) is 36.5 Å². The average Bonchev–Trinajstić information content (AvgIpc) is 2.48.